The van der Waals surface area contributed by atoms with Crippen molar-refractivity contribution in [2.75, 3.05) is 0 Å². The molecule has 0 unspecified atom stereocenters. The summed E-state index contributed by atoms with van der Waals surface area (Å²) in [7, 11) is 0. The Bertz CT molecular complexity index is 1060. The molecule has 146 valence electrons. The largest absolute Gasteiger partial charge is 0.489 e. The Morgan fingerprint density at radius 2 is 1.82 bits per heavy atom. The van der Waals surface area contributed by atoms with Crippen molar-refractivity contribution in [3.05, 3.63) is 75.6 Å². The molecule has 6 nitrogen and oxygen atoms in total. The van der Waals surface area contributed by atoms with E-state index in [1.807, 2.05) is 0 Å². The van der Waals surface area contributed by atoms with Gasteiger partial charge in [-0.25, -0.2) is 4.79 Å². The summed E-state index contributed by atoms with van der Waals surface area (Å²) in [6, 6.07) is 10.3. The van der Waals surface area contributed by atoms with Crippen molar-refractivity contribution in [2.24, 2.45) is 0 Å². The average Bonchev–Trinajstić information content (AvgIpc) is 2.64. The van der Waals surface area contributed by atoms with E-state index >= 15 is 0 Å². The van der Waals surface area contributed by atoms with Crippen LogP contribution in [-0.4, -0.2) is 11.2 Å². The van der Waals surface area contributed by atoms with Gasteiger partial charge in [0.2, 0.25) is 0 Å². The third kappa shape index (κ3) is 4.61. The normalized spacial score (nSPS) is 11.4. The summed E-state index contributed by atoms with van der Waals surface area (Å²) in [5, 5.41) is 11.0. The molecular formula is C19H14F3NO5. The van der Waals surface area contributed by atoms with Gasteiger partial charge in [-0.1, -0.05) is 12.1 Å². The van der Waals surface area contributed by atoms with Gasteiger partial charge in [0.05, 0.1) is 17.5 Å². The quantitative estimate of drug-likeness (QED) is 0.680. The Morgan fingerprint density at radius 3 is 2.46 bits per heavy atom. The van der Waals surface area contributed by atoms with E-state index in [1.165, 1.54) is 30.3 Å². The highest BCUT2D eigenvalue weighted by molar-refractivity contribution is 5.78. The number of hydrogen-bond acceptors (Lipinski definition) is 4. The van der Waals surface area contributed by atoms with Crippen molar-refractivity contribution >= 4 is 17.1 Å². The fourth-order valence-corrected chi connectivity index (χ4v) is 2.48. The molecule has 0 bridgehead atoms. The van der Waals surface area contributed by atoms with Gasteiger partial charge < -0.3 is 19.6 Å². The molecule has 0 aliphatic heterocycles. The molecule has 1 aromatic heterocycles. The predicted octanol–water partition coefficient (Wildman–Crippen LogP) is 4.16. The lowest BCUT2D eigenvalue weighted by molar-refractivity contribution is -0.137. The molecule has 3 rings (SSSR count). The number of ether oxygens (including phenoxy) is 1. The van der Waals surface area contributed by atoms with Gasteiger partial charge in [-0.05, 0) is 29.8 Å². The van der Waals surface area contributed by atoms with Crippen LogP contribution in [0.5, 0.6) is 5.75 Å². The van der Waals surface area contributed by atoms with Gasteiger partial charge in [0, 0.05) is 12.1 Å². The number of carbonyl (C=O) groups is 1. The number of halogens is 3. The first-order chi connectivity index (χ1) is 13.2. The second-order valence-corrected chi connectivity index (χ2v) is 5.88. The summed E-state index contributed by atoms with van der Waals surface area (Å²) < 4.78 is 48.8. The molecule has 2 N–H and O–H groups in total. The number of fused-ring (bicyclic) bond motifs is 1. The molecule has 2 aromatic carbocycles. The SMILES string of the molecule is O=C(O)NCc1cc(=O)c2ccc(OCc3ccc(C(F)(F)F)cc3)cc2o1. The van der Waals surface area contributed by atoms with Crippen LogP contribution in [0.15, 0.2) is 57.7 Å². The van der Waals surface area contributed by atoms with E-state index in [2.05, 4.69) is 5.32 Å². The lowest BCUT2D eigenvalue weighted by Crippen LogP contribution is -2.20. The summed E-state index contributed by atoms with van der Waals surface area (Å²) in [6.45, 7) is -0.148. The zero-order valence-corrected chi connectivity index (χ0v) is 14.2. The third-order valence-electron chi connectivity index (χ3n) is 3.85. The summed E-state index contributed by atoms with van der Waals surface area (Å²) in [5.41, 5.74) is -0.336. The zero-order chi connectivity index (χ0) is 20.3. The maximum Gasteiger partial charge on any atom is 0.416 e. The first kappa shape index (κ1) is 19.3. The lowest BCUT2D eigenvalue weighted by Gasteiger charge is -2.10. The summed E-state index contributed by atoms with van der Waals surface area (Å²) in [4.78, 5) is 22.6. The molecule has 0 fully saturated rings. The summed E-state index contributed by atoms with van der Waals surface area (Å²) in [5.74, 6) is 0.485. The summed E-state index contributed by atoms with van der Waals surface area (Å²) >= 11 is 0. The van der Waals surface area contributed by atoms with Crippen LogP contribution < -0.4 is 15.5 Å². The van der Waals surface area contributed by atoms with Crippen molar-refractivity contribution in [3.8, 4) is 5.75 Å². The van der Waals surface area contributed by atoms with Crippen molar-refractivity contribution in [2.45, 2.75) is 19.3 Å². The predicted molar refractivity (Wildman–Crippen MR) is 93.1 cm³/mol. The van der Waals surface area contributed by atoms with Crippen LogP contribution in [0.3, 0.4) is 0 Å². The van der Waals surface area contributed by atoms with E-state index in [9.17, 15) is 22.8 Å². The van der Waals surface area contributed by atoms with E-state index in [1.54, 1.807) is 6.07 Å². The molecule has 3 aromatic rings. The Morgan fingerprint density at radius 1 is 1.11 bits per heavy atom. The molecule has 0 aliphatic carbocycles. The Kier molecular flexibility index (Phi) is 5.25. The topological polar surface area (TPSA) is 88.8 Å². The van der Waals surface area contributed by atoms with Gasteiger partial charge in [0.15, 0.2) is 5.43 Å². The number of nitrogens with one attached hydrogen (secondary N) is 1. The standard InChI is InChI=1S/C19H14F3NO5/c20-19(21,22)12-3-1-11(2-4-12)10-27-13-5-6-15-16(24)7-14(9-23-18(25)26)28-17(15)8-13/h1-8,23H,9-10H2,(H,25,26). The van der Waals surface area contributed by atoms with Crippen molar-refractivity contribution in [3.63, 3.8) is 0 Å². The molecule has 1 amide bonds. The van der Waals surface area contributed by atoms with E-state index in [4.69, 9.17) is 14.3 Å². The number of alkyl halides is 3. The minimum atomic E-state index is -4.40. The molecule has 0 radical (unpaired) electrons. The first-order valence-corrected chi connectivity index (χ1v) is 8.05. The summed E-state index contributed by atoms with van der Waals surface area (Å²) in [6.07, 6.45) is -5.65. The maximum atomic E-state index is 12.6. The van der Waals surface area contributed by atoms with Crippen LogP contribution in [0.1, 0.15) is 16.9 Å². The van der Waals surface area contributed by atoms with Gasteiger partial charge >= 0.3 is 12.3 Å². The van der Waals surface area contributed by atoms with Crippen LogP contribution in [0, 0.1) is 0 Å². The minimum Gasteiger partial charge on any atom is -0.489 e. The fraction of sp³-hybridized carbons (Fsp3) is 0.158. The average molecular weight is 393 g/mol. The molecule has 0 saturated carbocycles. The lowest BCUT2D eigenvalue weighted by atomic mass is 10.1. The van der Waals surface area contributed by atoms with Crippen LogP contribution in [0.2, 0.25) is 0 Å². The van der Waals surface area contributed by atoms with E-state index in [0.717, 1.165) is 12.1 Å². The highest BCUT2D eigenvalue weighted by Crippen LogP contribution is 2.29. The van der Waals surface area contributed by atoms with Gasteiger partial charge in [-0.15, -0.1) is 0 Å². The van der Waals surface area contributed by atoms with Gasteiger partial charge in [-0.2, -0.15) is 13.2 Å². The van der Waals surface area contributed by atoms with Gasteiger partial charge in [0.25, 0.3) is 0 Å². The monoisotopic (exact) mass is 393 g/mol. The van der Waals surface area contributed by atoms with Crippen LogP contribution in [0.4, 0.5) is 18.0 Å². The minimum absolute atomic E-state index is 0.0220. The van der Waals surface area contributed by atoms with E-state index < -0.39 is 17.8 Å². The van der Waals surface area contributed by atoms with Gasteiger partial charge in [-0.3, -0.25) is 4.79 Å². The van der Waals surface area contributed by atoms with Crippen LogP contribution in [-0.2, 0) is 19.3 Å². The number of hydrogen-bond donors (Lipinski definition) is 2. The van der Waals surface area contributed by atoms with Gasteiger partial charge in [0.1, 0.15) is 23.7 Å². The highest BCUT2D eigenvalue weighted by atomic mass is 19.4. The Balaban J connectivity index is 1.76. The molecule has 0 spiro atoms. The maximum absolute atomic E-state index is 12.6. The van der Waals surface area contributed by atoms with E-state index in [0.29, 0.717) is 16.7 Å². The second-order valence-electron chi connectivity index (χ2n) is 5.88. The molecule has 9 heteroatoms. The van der Waals surface area contributed by atoms with Crippen LogP contribution in [0.25, 0.3) is 11.0 Å². The van der Waals surface area contributed by atoms with Crippen molar-refractivity contribution < 1.29 is 32.2 Å². The number of benzene rings is 2. The number of rotatable bonds is 5. The number of carboxylic acid groups (broad SMARTS) is 1. The third-order valence-corrected chi connectivity index (χ3v) is 3.85. The fourth-order valence-electron chi connectivity index (χ4n) is 2.48. The Labute approximate surface area is 156 Å². The molecule has 1 heterocycles. The second kappa shape index (κ2) is 7.63. The zero-order valence-electron chi connectivity index (χ0n) is 14.2. The van der Waals surface area contributed by atoms with E-state index in [-0.39, 0.29) is 29.9 Å². The first-order valence-electron chi connectivity index (χ1n) is 8.05. The smallest absolute Gasteiger partial charge is 0.416 e. The van der Waals surface area contributed by atoms with Crippen LogP contribution >= 0.6 is 0 Å². The Hall–Kier alpha value is -3.49. The molecule has 28 heavy (non-hydrogen) atoms. The molecule has 0 aliphatic rings. The molecule has 0 saturated heterocycles. The van der Waals surface area contributed by atoms with Crippen molar-refractivity contribution in [1.29, 1.82) is 0 Å². The molecule has 0 atom stereocenters. The molecular weight excluding hydrogens is 379 g/mol. The van der Waals surface area contributed by atoms with Crippen molar-refractivity contribution in [1.82, 2.24) is 5.32 Å². The number of amides is 1. The highest BCUT2D eigenvalue weighted by Gasteiger charge is 2.29.